The summed E-state index contributed by atoms with van der Waals surface area (Å²) >= 11 is 0. The van der Waals surface area contributed by atoms with Crippen LogP contribution in [0.2, 0.25) is 0 Å². The van der Waals surface area contributed by atoms with Crippen LogP contribution in [0.4, 0.5) is 22.7 Å². The number of nitrogens with one attached hydrogen (secondary N) is 2. The molecule has 0 atom stereocenters. The van der Waals surface area contributed by atoms with Gasteiger partial charge < -0.3 is 14.8 Å². The fourth-order valence-corrected chi connectivity index (χ4v) is 4.02. The van der Waals surface area contributed by atoms with Crippen LogP contribution in [-0.4, -0.2) is 38.4 Å². The number of ether oxygens (including phenoxy) is 2. The number of nitro benzene ring substituents is 2. The van der Waals surface area contributed by atoms with Crippen molar-refractivity contribution in [3.8, 4) is 11.5 Å². The van der Waals surface area contributed by atoms with Crippen molar-refractivity contribution >= 4 is 38.7 Å². The highest BCUT2D eigenvalue weighted by atomic mass is 32.2. The summed E-state index contributed by atoms with van der Waals surface area (Å²) in [6.45, 7) is 0. The van der Waals surface area contributed by atoms with Crippen molar-refractivity contribution in [2.24, 2.45) is 0 Å². The number of hydrogen-bond donors (Lipinski definition) is 2. The summed E-state index contributed by atoms with van der Waals surface area (Å²) in [5.74, 6) is -0.182. The van der Waals surface area contributed by atoms with Gasteiger partial charge in [-0.15, -0.1) is 0 Å². The number of carbonyl (C=O) groups is 1. The van der Waals surface area contributed by atoms with Crippen molar-refractivity contribution in [1.82, 2.24) is 0 Å². The lowest BCUT2D eigenvalue weighted by atomic mass is 10.1. The number of non-ortho nitro benzene ring substituents is 2. The first kappa shape index (κ1) is 24.9. The number of nitro groups is 2. The SMILES string of the molecule is COc1ccc(OC)c(NS(=O)(=O)c2ccc(NC(=O)c3cc([N+](=O)[O-])cc([N+](=O)[O-])c3)cc2)c1. The van der Waals surface area contributed by atoms with E-state index in [2.05, 4.69) is 10.0 Å². The number of carbonyl (C=O) groups excluding carboxylic acids is 1. The second-order valence-corrected chi connectivity index (χ2v) is 8.58. The predicted octanol–water partition coefficient (Wildman–Crippen LogP) is 3.57. The third-order valence-corrected chi connectivity index (χ3v) is 6.04. The van der Waals surface area contributed by atoms with Gasteiger partial charge in [-0.3, -0.25) is 29.7 Å². The summed E-state index contributed by atoms with van der Waals surface area (Å²) in [6.07, 6.45) is 0. The van der Waals surface area contributed by atoms with Crippen molar-refractivity contribution in [2.75, 3.05) is 24.3 Å². The van der Waals surface area contributed by atoms with Gasteiger partial charge in [0.2, 0.25) is 0 Å². The average Bonchev–Trinajstić information content (AvgIpc) is 2.83. The molecule has 0 radical (unpaired) electrons. The summed E-state index contributed by atoms with van der Waals surface area (Å²) in [7, 11) is -1.24. The Hall–Kier alpha value is -4.72. The fourth-order valence-electron chi connectivity index (χ4n) is 2.96. The molecule has 0 aliphatic carbocycles. The topological polar surface area (TPSA) is 180 Å². The third-order valence-electron chi connectivity index (χ3n) is 4.66. The highest BCUT2D eigenvalue weighted by Crippen LogP contribution is 2.31. The number of nitrogens with zero attached hydrogens (tertiary/aromatic N) is 2. The number of hydrogen-bond acceptors (Lipinski definition) is 9. The molecule has 0 heterocycles. The standard InChI is InChI=1S/C21H18N4O9S/c1-33-17-5-8-20(34-2)19(12-17)23-35(31,32)18-6-3-14(4-7-18)22-21(26)13-9-15(24(27)28)11-16(10-13)25(29)30/h3-12,23H,1-2H3,(H,22,26). The summed E-state index contributed by atoms with van der Waals surface area (Å²) in [6, 6.07) is 12.1. The molecule has 3 rings (SSSR count). The second-order valence-electron chi connectivity index (χ2n) is 6.90. The Morgan fingerprint density at radius 2 is 1.46 bits per heavy atom. The molecule has 0 spiro atoms. The zero-order chi connectivity index (χ0) is 25.8. The zero-order valence-electron chi connectivity index (χ0n) is 18.3. The van der Waals surface area contributed by atoms with Gasteiger partial charge in [0, 0.05) is 23.9 Å². The molecule has 0 saturated heterocycles. The number of methoxy groups -OCH3 is 2. The van der Waals surface area contributed by atoms with Gasteiger partial charge >= 0.3 is 0 Å². The molecular formula is C21H18N4O9S. The van der Waals surface area contributed by atoms with Gasteiger partial charge in [-0.25, -0.2) is 8.42 Å². The molecule has 3 aromatic rings. The molecule has 182 valence electrons. The first-order chi connectivity index (χ1) is 16.5. The van der Waals surface area contributed by atoms with Crippen LogP contribution in [0.25, 0.3) is 0 Å². The number of sulfonamides is 1. The van der Waals surface area contributed by atoms with E-state index in [1.165, 1.54) is 50.6 Å². The van der Waals surface area contributed by atoms with Gasteiger partial charge in [-0.05, 0) is 36.4 Å². The summed E-state index contributed by atoms with van der Waals surface area (Å²) in [4.78, 5) is 32.7. The number of anilines is 2. The van der Waals surface area contributed by atoms with Crippen LogP contribution in [0.15, 0.2) is 65.6 Å². The normalized spacial score (nSPS) is 10.8. The van der Waals surface area contributed by atoms with Crippen LogP contribution in [0.1, 0.15) is 10.4 Å². The number of rotatable bonds is 9. The molecule has 3 aromatic carbocycles. The van der Waals surface area contributed by atoms with Crippen LogP contribution in [0, 0.1) is 20.2 Å². The Morgan fingerprint density at radius 1 is 0.857 bits per heavy atom. The van der Waals surface area contributed by atoms with Gasteiger partial charge in [-0.2, -0.15) is 0 Å². The van der Waals surface area contributed by atoms with E-state index in [0.29, 0.717) is 5.75 Å². The molecule has 1 amide bonds. The van der Waals surface area contributed by atoms with Gasteiger partial charge in [0.25, 0.3) is 27.3 Å². The molecule has 0 aliphatic heterocycles. The molecular weight excluding hydrogens is 484 g/mol. The van der Waals surface area contributed by atoms with Gasteiger partial charge in [0.05, 0.1) is 46.3 Å². The van der Waals surface area contributed by atoms with E-state index in [1.807, 2.05) is 0 Å². The maximum absolute atomic E-state index is 12.8. The van der Waals surface area contributed by atoms with Crippen LogP contribution < -0.4 is 19.5 Å². The minimum atomic E-state index is -4.05. The molecule has 0 aromatic heterocycles. The monoisotopic (exact) mass is 502 g/mol. The Balaban J connectivity index is 1.81. The van der Waals surface area contributed by atoms with Crippen LogP contribution in [0.5, 0.6) is 11.5 Å². The second kappa shape index (κ2) is 10.0. The Bertz CT molecular complexity index is 1370. The first-order valence-electron chi connectivity index (χ1n) is 9.64. The maximum atomic E-state index is 12.8. The lowest BCUT2D eigenvalue weighted by molar-refractivity contribution is -0.394. The predicted molar refractivity (Wildman–Crippen MR) is 125 cm³/mol. The molecule has 2 N–H and O–H groups in total. The number of amides is 1. The highest BCUT2D eigenvalue weighted by Gasteiger charge is 2.21. The summed E-state index contributed by atoms with van der Waals surface area (Å²) < 4.78 is 38.3. The van der Waals surface area contributed by atoms with Gasteiger partial charge in [-0.1, -0.05) is 0 Å². The third kappa shape index (κ3) is 5.80. The molecule has 13 nitrogen and oxygen atoms in total. The van der Waals surface area contributed by atoms with Crippen molar-refractivity contribution in [3.05, 3.63) is 86.5 Å². The van der Waals surface area contributed by atoms with Crippen molar-refractivity contribution in [2.45, 2.75) is 4.90 Å². The molecule has 0 fully saturated rings. The lowest BCUT2D eigenvalue weighted by Gasteiger charge is -2.13. The van der Waals surface area contributed by atoms with Crippen molar-refractivity contribution in [3.63, 3.8) is 0 Å². The van der Waals surface area contributed by atoms with Gasteiger partial charge in [0.1, 0.15) is 11.5 Å². The molecule has 0 unspecified atom stereocenters. The van der Waals surface area contributed by atoms with Crippen LogP contribution >= 0.6 is 0 Å². The summed E-state index contributed by atoms with van der Waals surface area (Å²) in [5, 5.41) is 24.5. The van der Waals surface area contributed by atoms with Crippen molar-refractivity contribution < 1.29 is 32.5 Å². The quantitative estimate of drug-likeness (QED) is 0.326. The van der Waals surface area contributed by atoms with E-state index < -0.39 is 37.2 Å². The Morgan fingerprint density at radius 3 is 1.97 bits per heavy atom. The van der Waals surface area contributed by atoms with E-state index in [-0.39, 0.29) is 27.6 Å². The smallest absolute Gasteiger partial charge is 0.277 e. The molecule has 0 aliphatic rings. The maximum Gasteiger partial charge on any atom is 0.277 e. The van der Waals surface area contributed by atoms with E-state index in [0.717, 1.165) is 18.2 Å². The van der Waals surface area contributed by atoms with Crippen LogP contribution in [-0.2, 0) is 10.0 Å². The van der Waals surface area contributed by atoms with Crippen molar-refractivity contribution in [1.29, 1.82) is 0 Å². The Kier molecular flexibility index (Phi) is 7.15. The number of benzene rings is 3. The van der Waals surface area contributed by atoms with Gasteiger partial charge in [0.15, 0.2) is 0 Å². The average molecular weight is 502 g/mol. The largest absolute Gasteiger partial charge is 0.497 e. The summed E-state index contributed by atoms with van der Waals surface area (Å²) in [5.41, 5.74) is -1.25. The van der Waals surface area contributed by atoms with E-state index >= 15 is 0 Å². The minimum Gasteiger partial charge on any atom is -0.497 e. The lowest BCUT2D eigenvalue weighted by Crippen LogP contribution is -2.15. The Labute approximate surface area is 198 Å². The first-order valence-corrected chi connectivity index (χ1v) is 11.1. The zero-order valence-corrected chi connectivity index (χ0v) is 19.1. The molecule has 0 bridgehead atoms. The molecule has 35 heavy (non-hydrogen) atoms. The molecule has 0 saturated carbocycles. The minimum absolute atomic E-state index is 0.133. The van der Waals surface area contributed by atoms with E-state index in [9.17, 15) is 33.4 Å². The van der Waals surface area contributed by atoms with E-state index in [4.69, 9.17) is 9.47 Å². The highest BCUT2D eigenvalue weighted by molar-refractivity contribution is 7.92. The van der Waals surface area contributed by atoms with E-state index in [1.54, 1.807) is 6.07 Å². The molecule has 14 heteroatoms. The van der Waals surface area contributed by atoms with Crippen LogP contribution in [0.3, 0.4) is 0 Å². The fraction of sp³-hybridized carbons (Fsp3) is 0.0952.